The molecular formula is C38H57N3O4S. The molecular weight excluding hydrogens is 595 g/mol. The van der Waals surface area contributed by atoms with Crippen molar-refractivity contribution in [1.82, 2.24) is 14.1 Å². The molecule has 2 aromatic carbocycles. The zero-order chi connectivity index (χ0) is 32.9. The number of sulfonamides is 1. The number of hydrogen-bond donors (Lipinski definition) is 0. The Hall–Kier alpha value is -2.42. The minimum Gasteiger partial charge on any atom is -0.445 e. The fourth-order valence-electron chi connectivity index (χ4n) is 8.73. The Balaban J connectivity index is 1.23. The third kappa shape index (κ3) is 8.73. The van der Waals surface area contributed by atoms with Gasteiger partial charge in [-0.1, -0.05) is 81.4 Å². The van der Waals surface area contributed by atoms with Gasteiger partial charge in [0.05, 0.1) is 6.26 Å². The maximum absolute atomic E-state index is 13.4. The lowest BCUT2D eigenvalue weighted by Gasteiger charge is -2.42. The van der Waals surface area contributed by atoms with Gasteiger partial charge in [0.1, 0.15) is 6.61 Å². The van der Waals surface area contributed by atoms with Crippen LogP contribution in [0, 0.1) is 17.3 Å². The van der Waals surface area contributed by atoms with Crippen LogP contribution < -0.4 is 0 Å². The molecule has 2 saturated carbocycles. The van der Waals surface area contributed by atoms with Crippen LogP contribution in [0.4, 0.5) is 4.79 Å². The maximum Gasteiger partial charge on any atom is 0.410 e. The number of hydrogen-bond acceptors (Lipinski definition) is 5. The Kier molecular flexibility index (Phi) is 11.5. The van der Waals surface area contributed by atoms with Gasteiger partial charge >= 0.3 is 6.09 Å². The number of nitrogens with zero attached hydrogens (tertiary/aromatic N) is 3. The van der Waals surface area contributed by atoms with Crippen molar-refractivity contribution >= 4 is 16.1 Å². The number of piperidine rings is 1. The lowest BCUT2D eigenvalue weighted by molar-refractivity contribution is 0.0599. The van der Waals surface area contributed by atoms with Crippen molar-refractivity contribution in [3.63, 3.8) is 0 Å². The SMILES string of the molecule is CCN(C(=O)OCc1ccccc1)C1CCN(C[C@H]2CC(N(C3CCC(C(C)(C)C)CC3)S(C)(=O)=O)C[C@@H]2c2ccccc2)CC1. The van der Waals surface area contributed by atoms with E-state index >= 15 is 0 Å². The number of amides is 1. The van der Waals surface area contributed by atoms with Gasteiger partial charge in [-0.2, -0.15) is 4.31 Å². The molecule has 0 N–H and O–H groups in total. The molecule has 7 nitrogen and oxygen atoms in total. The van der Waals surface area contributed by atoms with Gasteiger partial charge in [-0.15, -0.1) is 0 Å². The van der Waals surface area contributed by atoms with Crippen LogP contribution in [0.5, 0.6) is 0 Å². The van der Waals surface area contributed by atoms with Crippen molar-refractivity contribution in [2.45, 2.75) is 110 Å². The van der Waals surface area contributed by atoms with Crippen LogP contribution in [0.1, 0.15) is 96.1 Å². The predicted octanol–water partition coefficient (Wildman–Crippen LogP) is 7.54. The number of likely N-dealkylation sites (tertiary alicyclic amines) is 1. The summed E-state index contributed by atoms with van der Waals surface area (Å²) in [5, 5.41) is 0. The molecule has 1 amide bonds. The van der Waals surface area contributed by atoms with E-state index in [1.54, 1.807) is 0 Å². The van der Waals surface area contributed by atoms with E-state index < -0.39 is 10.0 Å². The zero-order valence-corrected chi connectivity index (χ0v) is 29.6. The van der Waals surface area contributed by atoms with Gasteiger partial charge < -0.3 is 14.5 Å². The molecule has 5 rings (SSSR count). The number of rotatable bonds is 10. The molecule has 0 bridgehead atoms. The van der Waals surface area contributed by atoms with Gasteiger partial charge in [0.2, 0.25) is 10.0 Å². The molecule has 2 aliphatic carbocycles. The molecule has 2 aromatic rings. The average Bonchev–Trinajstić information content (AvgIpc) is 3.44. The number of carbonyl (C=O) groups is 1. The van der Waals surface area contributed by atoms with E-state index in [4.69, 9.17) is 4.74 Å². The fourth-order valence-corrected chi connectivity index (χ4v) is 10.2. The second-order valence-corrected chi connectivity index (χ2v) is 17.1. The van der Waals surface area contributed by atoms with E-state index in [1.165, 1.54) is 11.8 Å². The average molecular weight is 652 g/mol. The van der Waals surface area contributed by atoms with E-state index in [-0.39, 0.29) is 29.6 Å². The largest absolute Gasteiger partial charge is 0.445 e. The first-order valence-electron chi connectivity index (χ1n) is 17.7. The molecule has 254 valence electrons. The van der Waals surface area contributed by atoms with Crippen LogP contribution in [-0.4, -0.2) is 79.2 Å². The standard InChI is InChI=1S/C38H57N3O4S/c1-6-40(37(42)45-28-29-13-9-7-10-14-29)33-21-23-39(24-22-33)27-31-25-35(26-36(31)30-15-11-8-12-16-30)41(46(5,43)44)34-19-17-32(18-20-34)38(2,3)4/h7-16,31-36H,6,17-28H2,1-5H3/t31-,32?,34?,35?,36-/m1/s1. The van der Waals surface area contributed by atoms with E-state index in [0.717, 1.165) is 76.6 Å². The van der Waals surface area contributed by atoms with Gasteiger partial charge in [0.25, 0.3) is 0 Å². The van der Waals surface area contributed by atoms with Crippen LogP contribution in [0.2, 0.25) is 0 Å². The van der Waals surface area contributed by atoms with E-state index in [2.05, 4.69) is 56.0 Å². The van der Waals surface area contributed by atoms with Gasteiger partial charge in [-0.05, 0) is 92.6 Å². The smallest absolute Gasteiger partial charge is 0.410 e. The summed E-state index contributed by atoms with van der Waals surface area (Å²) >= 11 is 0. The van der Waals surface area contributed by atoms with Crippen LogP contribution >= 0.6 is 0 Å². The number of benzene rings is 2. The Morgan fingerprint density at radius 2 is 1.46 bits per heavy atom. The topological polar surface area (TPSA) is 70.2 Å². The molecule has 1 aliphatic heterocycles. The second-order valence-electron chi connectivity index (χ2n) is 15.2. The lowest BCUT2D eigenvalue weighted by atomic mass is 9.71. The minimum absolute atomic E-state index is 0.0360. The van der Waals surface area contributed by atoms with Crippen LogP contribution in [-0.2, 0) is 21.4 Å². The maximum atomic E-state index is 13.4. The Morgan fingerprint density at radius 1 is 0.848 bits per heavy atom. The monoisotopic (exact) mass is 651 g/mol. The third-order valence-electron chi connectivity index (χ3n) is 11.2. The third-order valence-corrected chi connectivity index (χ3v) is 12.6. The molecule has 46 heavy (non-hydrogen) atoms. The molecule has 3 atom stereocenters. The summed E-state index contributed by atoms with van der Waals surface area (Å²) in [6.07, 6.45) is 8.95. The van der Waals surface area contributed by atoms with Crippen molar-refractivity contribution in [2.24, 2.45) is 17.3 Å². The number of ether oxygens (including phenoxy) is 1. The Bertz CT molecular complexity index is 1350. The summed E-state index contributed by atoms with van der Waals surface area (Å²) in [4.78, 5) is 17.5. The van der Waals surface area contributed by atoms with Crippen molar-refractivity contribution in [2.75, 3.05) is 32.4 Å². The van der Waals surface area contributed by atoms with Crippen molar-refractivity contribution in [3.05, 3.63) is 71.8 Å². The highest BCUT2D eigenvalue weighted by Gasteiger charge is 2.45. The van der Waals surface area contributed by atoms with Crippen molar-refractivity contribution in [1.29, 1.82) is 0 Å². The van der Waals surface area contributed by atoms with Gasteiger partial charge in [0, 0.05) is 44.3 Å². The van der Waals surface area contributed by atoms with Crippen LogP contribution in [0.15, 0.2) is 60.7 Å². The van der Waals surface area contributed by atoms with Crippen LogP contribution in [0.25, 0.3) is 0 Å². The predicted molar refractivity (Wildman–Crippen MR) is 186 cm³/mol. The van der Waals surface area contributed by atoms with Crippen LogP contribution in [0.3, 0.4) is 0 Å². The van der Waals surface area contributed by atoms with E-state index in [0.29, 0.717) is 30.9 Å². The Morgan fingerprint density at radius 3 is 2.02 bits per heavy atom. The molecule has 1 unspecified atom stereocenters. The lowest BCUT2D eigenvalue weighted by Crippen LogP contribution is -2.49. The molecule has 3 aliphatic rings. The normalized spacial score (nSPS) is 26.7. The summed E-state index contributed by atoms with van der Waals surface area (Å²) in [7, 11) is -3.34. The molecule has 1 heterocycles. The summed E-state index contributed by atoms with van der Waals surface area (Å²) in [6, 6.07) is 20.9. The molecule has 0 radical (unpaired) electrons. The van der Waals surface area contributed by atoms with Gasteiger partial charge in [-0.25, -0.2) is 13.2 Å². The first-order valence-corrected chi connectivity index (χ1v) is 19.5. The van der Waals surface area contributed by atoms with E-state index in [9.17, 15) is 13.2 Å². The highest BCUT2D eigenvalue weighted by Crippen LogP contribution is 2.46. The minimum atomic E-state index is -3.34. The van der Waals surface area contributed by atoms with Crippen molar-refractivity contribution < 1.29 is 17.9 Å². The fraction of sp³-hybridized carbons (Fsp3) is 0.658. The molecule has 3 fully saturated rings. The van der Waals surface area contributed by atoms with Crippen molar-refractivity contribution in [3.8, 4) is 0 Å². The molecule has 8 heteroatoms. The highest BCUT2D eigenvalue weighted by atomic mass is 32.2. The first-order chi connectivity index (χ1) is 21.9. The summed E-state index contributed by atoms with van der Waals surface area (Å²) in [5.41, 5.74) is 2.59. The highest BCUT2D eigenvalue weighted by molar-refractivity contribution is 7.88. The van der Waals surface area contributed by atoms with Gasteiger partial charge in [0.15, 0.2) is 0 Å². The summed E-state index contributed by atoms with van der Waals surface area (Å²) in [5.74, 6) is 1.37. The summed E-state index contributed by atoms with van der Waals surface area (Å²) in [6.45, 7) is 12.7. The Labute approximate surface area is 278 Å². The quantitative estimate of drug-likeness (QED) is 0.266. The molecule has 0 aromatic heterocycles. The zero-order valence-electron chi connectivity index (χ0n) is 28.8. The summed E-state index contributed by atoms with van der Waals surface area (Å²) < 4.78 is 34.5. The molecule has 1 saturated heterocycles. The molecule has 0 spiro atoms. The van der Waals surface area contributed by atoms with Gasteiger partial charge in [-0.3, -0.25) is 0 Å². The number of carbonyl (C=O) groups excluding carboxylic acids is 1. The van der Waals surface area contributed by atoms with E-state index in [1.807, 2.05) is 46.5 Å². The second kappa shape index (κ2) is 15.2. The first kappa shape index (κ1) is 34.9.